The predicted molar refractivity (Wildman–Crippen MR) is 123 cm³/mol. The number of carboxylic acids is 2. The Morgan fingerprint density at radius 2 is 1.37 bits per heavy atom. The fourth-order valence-corrected chi connectivity index (χ4v) is 2.17. The van der Waals surface area contributed by atoms with Gasteiger partial charge in [-0.15, -0.1) is 6.58 Å². The molecule has 0 aliphatic heterocycles. The van der Waals surface area contributed by atoms with Crippen molar-refractivity contribution in [3.63, 3.8) is 0 Å². The number of aliphatic carboxylic acids is 2. The summed E-state index contributed by atoms with van der Waals surface area (Å²) >= 11 is 0. The lowest BCUT2D eigenvalue weighted by atomic mass is 10.0. The third-order valence-corrected chi connectivity index (χ3v) is 3.91. The Kier molecular flexibility index (Phi) is 18.0. The molecule has 0 radical (unpaired) electrons. The van der Waals surface area contributed by atoms with E-state index in [4.69, 9.17) is 10.2 Å². The number of nitrogens with zero attached hydrogens (tertiary/aromatic N) is 1. The molecular weight excluding hydrogens is 382 g/mol. The number of carbonyl (C=O) groups excluding carboxylic acids is 1. The van der Waals surface area contributed by atoms with Gasteiger partial charge in [0.05, 0.1) is 0 Å². The van der Waals surface area contributed by atoms with E-state index in [1.54, 1.807) is 0 Å². The van der Waals surface area contributed by atoms with Crippen molar-refractivity contribution in [2.24, 2.45) is 0 Å². The molecule has 0 atom stereocenters. The minimum Gasteiger partial charge on any atom is -0.478 e. The van der Waals surface area contributed by atoms with Crippen molar-refractivity contribution < 1.29 is 24.6 Å². The van der Waals surface area contributed by atoms with Crippen LogP contribution in [0.25, 0.3) is 0 Å². The van der Waals surface area contributed by atoms with Gasteiger partial charge in [-0.3, -0.25) is 9.69 Å². The Morgan fingerprint density at radius 1 is 0.833 bits per heavy atom. The average molecular weight is 420 g/mol. The second-order valence-corrected chi connectivity index (χ2v) is 7.24. The summed E-state index contributed by atoms with van der Waals surface area (Å²) in [6.07, 6.45) is 12.9. The second-order valence-electron chi connectivity index (χ2n) is 7.24. The summed E-state index contributed by atoms with van der Waals surface area (Å²) in [4.78, 5) is 33.3. The molecule has 0 saturated carbocycles. The zero-order valence-corrected chi connectivity index (χ0v) is 19.0. The van der Waals surface area contributed by atoms with E-state index in [0.29, 0.717) is 18.6 Å². The smallest absolute Gasteiger partial charge is 0.328 e. The van der Waals surface area contributed by atoms with E-state index in [1.807, 2.05) is 13.0 Å². The normalized spacial score (nSPS) is 11.7. The number of Topliss-reactive ketones (excluding diaryl/α,β-unsaturated/α-hetero) is 1. The van der Waals surface area contributed by atoms with Gasteiger partial charge in [0, 0.05) is 31.7 Å². The number of rotatable bonds is 13. The van der Waals surface area contributed by atoms with Gasteiger partial charge in [-0.2, -0.15) is 0 Å². The molecule has 0 amide bonds. The maximum atomic E-state index is 12.0. The van der Waals surface area contributed by atoms with Crippen molar-refractivity contribution in [3.8, 4) is 0 Å². The molecular formula is C24H37NO5. The maximum absolute atomic E-state index is 12.0. The highest BCUT2D eigenvalue weighted by Crippen LogP contribution is 2.10. The lowest BCUT2D eigenvalue weighted by molar-refractivity contribution is -0.134. The zero-order valence-electron chi connectivity index (χ0n) is 19.0. The quantitative estimate of drug-likeness (QED) is 0.329. The van der Waals surface area contributed by atoms with Crippen molar-refractivity contribution in [2.75, 3.05) is 20.1 Å². The van der Waals surface area contributed by atoms with Crippen LogP contribution in [0.1, 0.15) is 53.4 Å². The largest absolute Gasteiger partial charge is 0.478 e. The van der Waals surface area contributed by atoms with E-state index in [1.165, 1.54) is 11.1 Å². The Labute approximate surface area is 181 Å². The number of allylic oxidation sites excluding steroid dienone is 5. The fraction of sp³-hybridized carbons (Fsp3) is 0.458. The van der Waals surface area contributed by atoms with Gasteiger partial charge in [-0.05, 0) is 59.6 Å². The van der Waals surface area contributed by atoms with Crippen molar-refractivity contribution in [2.45, 2.75) is 53.4 Å². The molecule has 0 fully saturated rings. The first-order valence-electron chi connectivity index (χ1n) is 9.91. The van der Waals surface area contributed by atoms with Gasteiger partial charge >= 0.3 is 11.9 Å². The maximum Gasteiger partial charge on any atom is 0.328 e. The highest BCUT2D eigenvalue weighted by atomic mass is 16.4. The molecule has 168 valence electrons. The summed E-state index contributed by atoms with van der Waals surface area (Å²) in [6.45, 7) is 13.8. The van der Waals surface area contributed by atoms with Gasteiger partial charge in [0.1, 0.15) is 0 Å². The summed E-state index contributed by atoms with van der Waals surface area (Å²) in [7, 11) is 2.08. The van der Waals surface area contributed by atoms with Gasteiger partial charge in [0.25, 0.3) is 0 Å². The molecule has 30 heavy (non-hydrogen) atoms. The molecule has 2 N–H and O–H groups in total. The Morgan fingerprint density at radius 3 is 1.83 bits per heavy atom. The first-order chi connectivity index (χ1) is 14.0. The Balaban J connectivity index is 0. The second kappa shape index (κ2) is 18.3. The topological polar surface area (TPSA) is 94.9 Å². The van der Waals surface area contributed by atoms with E-state index in [-0.39, 0.29) is 5.78 Å². The van der Waals surface area contributed by atoms with Crippen LogP contribution in [0.15, 0.2) is 59.8 Å². The highest BCUT2D eigenvalue weighted by Gasteiger charge is 2.03. The lowest BCUT2D eigenvalue weighted by Gasteiger charge is -2.11. The minimum absolute atomic E-state index is 0.268. The van der Waals surface area contributed by atoms with Crippen LogP contribution in [0.3, 0.4) is 0 Å². The van der Waals surface area contributed by atoms with Crippen LogP contribution >= 0.6 is 0 Å². The molecule has 6 heteroatoms. The lowest BCUT2D eigenvalue weighted by Crippen LogP contribution is -2.18. The van der Waals surface area contributed by atoms with Crippen LogP contribution in [0.5, 0.6) is 0 Å². The standard InChI is InChI=1S/C20H33NO.C4H4O4/c1-7-15-21(6)16-14-18(4)11-9-12-19(5)20(22)13-8-10-17(2)3;5-3(6)1-2-4(7)8/h7,10,12,14H,1,8-9,11,13,15-16H2,2-6H3;1-2H,(H,5,6)(H,7,8). The molecule has 0 aliphatic carbocycles. The van der Waals surface area contributed by atoms with Crippen LogP contribution in [0.4, 0.5) is 0 Å². The number of ketones is 1. The Hall–Kier alpha value is -2.73. The molecule has 0 unspecified atom stereocenters. The number of likely N-dealkylation sites (N-methyl/N-ethyl adjacent to an activating group) is 1. The molecule has 0 saturated heterocycles. The van der Waals surface area contributed by atoms with E-state index in [0.717, 1.165) is 37.9 Å². The molecule has 0 bridgehead atoms. The average Bonchev–Trinajstić information content (AvgIpc) is 2.65. The van der Waals surface area contributed by atoms with Crippen LogP contribution in [-0.4, -0.2) is 53.0 Å². The molecule has 0 spiro atoms. The summed E-state index contributed by atoms with van der Waals surface area (Å²) < 4.78 is 0. The van der Waals surface area contributed by atoms with Gasteiger partial charge < -0.3 is 10.2 Å². The number of hydrogen-bond donors (Lipinski definition) is 2. The summed E-state index contributed by atoms with van der Waals surface area (Å²) in [5, 5.41) is 15.6. The third-order valence-electron chi connectivity index (χ3n) is 3.91. The molecule has 0 aromatic carbocycles. The van der Waals surface area contributed by atoms with Crippen molar-refractivity contribution in [1.82, 2.24) is 4.90 Å². The van der Waals surface area contributed by atoms with E-state index in [2.05, 4.69) is 57.5 Å². The van der Waals surface area contributed by atoms with Gasteiger partial charge in [-0.25, -0.2) is 9.59 Å². The zero-order chi connectivity index (χ0) is 23.5. The van der Waals surface area contributed by atoms with Crippen molar-refractivity contribution >= 4 is 17.7 Å². The number of hydrogen-bond acceptors (Lipinski definition) is 4. The Bertz CT molecular complexity index is 664. The number of carboxylic acid groups (broad SMARTS) is 2. The first-order valence-corrected chi connectivity index (χ1v) is 9.91. The van der Waals surface area contributed by atoms with Gasteiger partial charge in [0.15, 0.2) is 5.78 Å². The van der Waals surface area contributed by atoms with Gasteiger partial charge in [0.2, 0.25) is 0 Å². The number of carbonyl (C=O) groups is 3. The third kappa shape index (κ3) is 21.6. The molecule has 0 rings (SSSR count). The predicted octanol–water partition coefficient (Wildman–Crippen LogP) is 4.80. The molecule has 0 heterocycles. The van der Waals surface area contributed by atoms with Crippen LogP contribution in [-0.2, 0) is 14.4 Å². The van der Waals surface area contributed by atoms with E-state index >= 15 is 0 Å². The molecule has 6 nitrogen and oxygen atoms in total. The van der Waals surface area contributed by atoms with Crippen molar-refractivity contribution in [1.29, 1.82) is 0 Å². The monoisotopic (exact) mass is 419 g/mol. The van der Waals surface area contributed by atoms with Crippen LogP contribution in [0, 0.1) is 0 Å². The van der Waals surface area contributed by atoms with Crippen molar-refractivity contribution in [3.05, 3.63) is 59.8 Å². The van der Waals surface area contributed by atoms with Crippen LogP contribution in [0.2, 0.25) is 0 Å². The minimum atomic E-state index is -1.26. The highest BCUT2D eigenvalue weighted by molar-refractivity contribution is 5.94. The van der Waals surface area contributed by atoms with E-state index < -0.39 is 11.9 Å². The summed E-state index contributed by atoms with van der Waals surface area (Å²) in [5.41, 5.74) is 3.55. The van der Waals surface area contributed by atoms with Crippen LogP contribution < -0.4 is 0 Å². The fourth-order valence-electron chi connectivity index (χ4n) is 2.17. The molecule has 0 aliphatic rings. The first kappa shape index (κ1) is 29.5. The SMILES string of the molecule is C=CCN(C)CC=C(C)CCC=C(C)C(=O)CCC=C(C)C.O=C(O)C=CC(=O)O. The summed E-state index contributed by atoms with van der Waals surface area (Å²) in [5.74, 6) is -2.25. The summed E-state index contributed by atoms with van der Waals surface area (Å²) in [6, 6.07) is 0. The van der Waals surface area contributed by atoms with E-state index in [9.17, 15) is 14.4 Å². The molecule has 0 aromatic rings. The molecule has 0 aromatic heterocycles. The van der Waals surface area contributed by atoms with Gasteiger partial charge in [-0.1, -0.05) is 35.5 Å².